The average molecular weight is 513 g/mol. The normalized spacial score (nSPS) is 15.9. The maximum atomic E-state index is 5.65. The molecule has 3 aromatic carbocycles. The highest BCUT2D eigenvalue weighted by Crippen LogP contribution is 2.42. The van der Waals surface area contributed by atoms with E-state index in [1.54, 1.807) is 26.5 Å². The Hall–Kier alpha value is -3.24. The van der Waals surface area contributed by atoms with Crippen LogP contribution in [0.1, 0.15) is 44.4 Å². The number of rotatable bonds is 7. The summed E-state index contributed by atoms with van der Waals surface area (Å²) in [6.07, 6.45) is 0. The van der Waals surface area contributed by atoms with Gasteiger partial charge in [-0.25, -0.2) is 0 Å². The lowest BCUT2D eigenvalue weighted by atomic mass is 10.1. The molecule has 0 heterocycles. The van der Waals surface area contributed by atoms with Crippen LogP contribution in [0.4, 0.5) is 0 Å². The largest absolute Gasteiger partial charge is 0.497 e. The number of methoxy groups -OCH3 is 3. The Kier molecular flexibility index (Phi) is 7.43. The first kappa shape index (κ1) is 26.8. The molecule has 3 nitrogen and oxygen atoms in total. The molecule has 0 saturated heterocycles. The molecule has 1 atom stereocenters. The fraction of sp³-hybridized carbons (Fsp3) is 0.333. The molecule has 0 aliphatic heterocycles. The number of aryl methyl sites for hydroxylation is 3. The lowest BCUT2D eigenvalue weighted by Crippen LogP contribution is -2.71. The third-order valence-electron chi connectivity index (χ3n) is 8.56. The van der Waals surface area contributed by atoms with Gasteiger partial charge in [0, 0.05) is 0 Å². The van der Waals surface area contributed by atoms with Gasteiger partial charge in [0.25, 0.3) is 0 Å². The van der Waals surface area contributed by atoms with Crippen LogP contribution in [-0.2, 0) is 0 Å². The van der Waals surface area contributed by atoms with Crippen LogP contribution < -0.4 is 29.8 Å². The van der Waals surface area contributed by atoms with Gasteiger partial charge in [0.05, 0.1) is 21.3 Å². The molecule has 1 aliphatic rings. The Morgan fingerprint density at radius 3 is 1.14 bits per heavy atom. The van der Waals surface area contributed by atoms with Gasteiger partial charge in [-0.1, -0.05) is 41.5 Å². The summed E-state index contributed by atoms with van der Waals surface area (Å²) < 4.78 is 16.9. The topological polar surface area (TPSA) is 27.7 Å². The number of allylic oxidation sites excluding steroid dienone is 4. The quantitative estimate of drug-likeness (QED) is 0.289. The molecule has 0 saturated carbocycles. The summed E-state index contributed by atoms with van der Waals surface area (Å²) in [5, 5.41) is 5.77. The maximum absolute atomic E-state index is 5.65. The molecule has 1 unspecified atom stereocenters. The van der Waals surface area contributed by atoms with Crippen molar-refractivity contribution in [1.29, 1.82) is 0 Å². The lowest BCUT2D eigenvalue weighted by Gasteiger charge is -2.41. The van der Waals surface area contributed by atoms with E-state index in [2.05, 4.69) is 103 Å². The van der Waals surface area contributed by atoms with Crippen LogP contribution in [0.3, 0.4) is 0 Å². The molecule has 0 amide bonds. The fourth-order valence-electron chi connectivity index (χ4n) is 6.39. The number of hydrogen-bond donors (Lipinski definition) is 0. The molecule has 3 aromatic rings. The van der Waals surface area contributed by atoms with Crippen LogP contribution in [0.15, 0.2) is 76.5 Å². The highest BCUT2D eigenvalue weighted by Gasteiger charge is 2.50. The van der Waals surface area contributed by atoms with Crippen molar-refractivity contribution in [2.24, 2.45) is 5.92 Å². The molecular weight excluding hydrogens is 472 g/mol. The van der Waals surface area contributed by atoms with Gasteiger partial charge in [0.1, 0.15) is 17.2 Å². The molecule has 4 rings (SSSR count). The van der Waals surface area contributed by atoms with Crippen molar-refractivity contribution in [1.82, 2.24) is 0 Å². The highest BCUT2D eigenvalue weighted by atomic mass is 28.3. The molecule has 0 spiro atoms. The summed E-state index contributed by atoms with van der Waals surface area (Å²) in [4.78, 5) is 0. The van der Waals surface area contributed by atoms with Crippen molar-refractivity contribution < 1.29 is 14.2 Å². The molecule has 0 fully saturated rings. The summed E-state index contributed by atoms with van der Waals surface area (Å²) >= 11 is 0. The minimum atomic E-state index is -2.77. The molecule has 4 heteroatoms. The molecule has 194 valence electrons. The molecule has 0 radical (unpaired) electrons. The van der Waals surface area contributed by atoms with Crippen molar-refractivity contribution in [3.8, 4) is 17.2 Å². The van der Waals surface area contributed by atoms with E-state index in [1.165, 1.54) is 49.0 Å². The minimum absolute atomic E-state index is 0.344. The van der Waals surface area contributed by atoms with Gasteiger partial charge in [-0.3, -0.25) is 0 Å². The highest BCUT2D eigenvalue weighted by molar-refractivity contribution is 7.17. The maximum Gasteiger partial charge on any atom is 0.177 e. The number of benzene rings is 3. The Balaban J connectivity index is 2.25. The van der Waals surface area contributed by atoms with E-state index in [0.29, 0.717) is 5.92 Å². The van der Waals surface area contributed by atoms with E-state index < -0.39 is 8.07 Å². The van der Waals surface area contributed by atoms with Gasteiger partial charge in [0.2, 0.25) is 0 Å². The van der Waals surface area contributed by atoms with Crippen molar-refractivity contribution in [2.45, 2.75) is 48.5 Å². The zero-order chi connectivity index (χ0) is 27.1. The second-order valence-corrected chi connectivity index (χ2v) is 14.0. The standard InChI is InChI=1S/C33H40O3Si/c1-20-17-27(34-8)11-14-30(20)37(31-15-12-28(35-9)18-21(31)2,32-16-13-29(36-10)19-22(32)3)33-25(6)23(4)24(5)26(33)7/h11-19,25H,1-10H3. The van der Waals surface area contributed by atoms with Crippen LogP contribution in [-0.4, -0.2) is 29.4 Å². The van der Waals surface area contributed by atoms with Gasteiger partial charge in [-0.05, 0) is 122 Å². The van der Waals surface area contributed by atoms with Crippen molar-refractivity contribution in [3.05, 3.63) is 93.2 Å². The van der Waals surface area contributed by atoms with E-state index in [0.717, 1.165) is 17.2 Å². The summed E-state index contributed by atoms with van der Waals surface area (Å²) in [6, 6.07) is 19.9. The molecule has 0 N–H and O–H groups in total. The predicted octanol–water partition coefficient (Wildman–Crippen LogP) is 5.95. The summed E-state index contributed by atoms with van der Waals surface area (Å²) in [5.41, 5.74) is 8.08. The van der Waals surface area contributed by atoms with Crippen molar-refractivity contribution in [2.75, 3.05) is 21.3 Å². The Bertz CT molecular complexity index is 1280. The van der Waals surface area contributed by atoms with Gasteiger partial charge in [0.15, 0.2) is 8.07 Å². The van der Waals surface area contributed by atoms with E-state index in [4.69, 9.17) is 14.2 Å². The van der Waals surface area contributed by atoms with E-state index in [9.17, 15) is 0 Å². The third-order valence-corrected chi connectivity index (χ3v) is 14.3. The zero-order valence-corrected chi connectivity index (χ0v) is 25.0. The van der Waals surface area contributed by atoms with Gasteiger partial charge in [-0.15, -0.1) is 0 Å². The van der Waals surface area contributed by atoms with E-state index in [-0.39, 0.29) is 0 Å². The second-order valence-electron chi connectivity index (χ2n) is 10.4. The van der Waals surface area contributed by atoms with Crippen molar-refractivity contribution >= 4 is 23.6 Å². The molecule has 0 bridgehead atoms. The first-order valence-corrected chi connectivity index (χ1v) is 15.0. The van der Waals surface area contributed by atoms with Crippen molar-refractivity contribution in [3.63, 3.8) is 0 Å². The molecule has 37 heavy (non-hydrogen) atoms. The van der Waals surface area contributed by atoms with Crippen LogP contribution in [0.25, 0.3) is 0 Å². The van der Waals surface area contributed by atoms with Crippen LogP contribution >= 0.6 is 0 Å². The molecule has 1 aliphatic carbocycles. The fourth-order valence-corrected chi connectivity index (χ4v) is 12.7. The summed E-state index contributed by atoms with van der Waals surface area (Å²) in [5.74, 6) is 3.00. The first-order chi connectivity index (χ1) is 17.6. The van der Waals surface area contributed by atoms with Gasteiger partial charge >= 0.3 is 0 Å². The zero-order valence-electron chi connectivity index (χ0n) is 24.0. The molecule has 0 aromatic heterocycles. The molecular formula is C33H40O3Si. The average Bonchev–Trinajstić information content (AvgIpc) is 3.08. The predicted molar refractivity (Wildman–Crippen MR) is 158 cm³/mol. The Labute approximate surface area is 223 Å². The monoisotopic (exact) mass is 512 g/mol. The van der Waals surface area contributed by atoms with Crippen LogP contribution in [0.2, 0.25) is 0 Å². The first-order valence-electron chi connectivity index (χ1n) is 13.0. The summed E-state index contributed by atoms with van der Waals surface area (Å²) in [6.45, 7) is 16.0. The smallest absolute Gasteiger partial charge is 0.177 e. The lowest BCUT2D eigenvalue weighted by molar-refractivity contribution is 0.414. The van der Waals surface area contributed by atoms with Crippen LogP contribution in [0.5, 0.6) is 17.2 Å². The minimum Gasteiger partial charge on any atom is -0.497 e. The number of hydrogen-bond acceptors (Lipinski definition) is 3. The second kappa shape index (κ2) is 10.3. The van der Waals surface area contributed by atoms with Gasteiger partial charge in [-0.2, -0.15) is 0 Å². The number of ether oxygens (including phenoxy) is 3. The Morgan fingerprint density at radius 2 is 0.892 bits per heavy atom. The summed E-state index contributed by atoms with van der Waals surface area (Å²) in [7, 11) is 2.45. The van der Waals surface area contributed by atoms with Crippen LogP contribution in [0, 0.1) is 26.7 Å². The van der Waals surface area contributed by atoms with Gasteiger partial charge < -0.3 is 14.2 Å². The van der Waals surface area contributed by atoms with E-state index >= 15 is 0 Å². The van der Waals surface area contributed by atoms with E-state index in [1.807, 2.05) is 0 Å². The third kappa shape index (κ3) is 4.21. The SMILES string of the molecule is COc1ccc([Si](C2=C(C)C(C)=C(C)C2C)(c2ccc(OC)cc2C)c2ccc(OC)cc2C)c(C)c1. The Morgan fingerprint density at radius 1 is 0.541 bits per heavy atom.